The minimum absolute atomic E-state index is 0.00694. The van der Waals surface area contributed by atoms with Crippen molar-refractivity contribution in [2.45, 2.75) is 43.9 Å². The molecule has 1 heterocycles. The smallest absolute Gasteiger partial charge is 0.407 e. The minimum atomic E-state index is -4.03. The molecule has 13 heteroatoms. The lowest BCUT2D eigenvalue weighted by Gasteiger charge is -2.30. The lowest BCUT2D eigenvalue weighted by molar-refractivity contribution is -0.121. The fourth-order valence-corrected chi connectivity index (χ4v) is 5.81. The zero-order chi connectivity index (χ0) is 31.2. The Labute approximate surface area is 251 Å². The van der Waals surface area contributed by atoms with Crippen LogP contribution in [0.1, 0.15) is 30.7 Å². The van der Waals surface area contributed by atoms with E-state index in [0.717, 1.165) is 5.56 Å². The van der Waals surface area contributed by atoms with Crippen LogP contribution in [0.5, 0.6) is 0 Å². The second-order valence-corrected chi connectivity index (χ2v) is 12.1. The van der Waals surface area contributed by atoms with Crippen molar-refractivity contribution in [1.82, 2.24) is 19.9 Å². The number of aromatic nitrogens is 1. The van der Waals surface area contributed by atoms with Crippen molar-refractivity contribution in [3.8, 4) is 0 Å². The third-order valence-corrected chi connectivity index (χ3v) is 8.11. The molecule has 2 amide bonds. The Morgan fingerprint density at radius 3 is 2.35 bits per heavy atom. The molecular formula is C30H37N5O7S. The number of aliphatic hydroxyl groups excluding tert-OH is 1. The van der Waals surface area contributed by atoms with Crippen molar-refractivity contribution in [3.63, 3.8) is 0 Å². The maximum Gasteiger partial charge on any atom is 0.407 e. The normalized spacial score (nSPS) is 13.1. The summed E-state index contributed by atoms with van der Waals surface area (Å²) in [4.78, 5) is 29.0. The number of hydrogen-bond donors (Lipinski definition) is 4. The van der Waals surface area contributed by atoms with Gasteiger partial charge in [0.2, 0.25) is 15.9 Å². The summed E-state index contributed by atoms with van der Waals surface area (Å²) in [5.74, 6) is -0.652. The molecule has 0 fully saturated rings. The number of nitrogens with zero attached hydrogens (tertiary/aromatic N) is 3. The number of alkyl carbamates (subject to hydrolysis) is 1. The van der Waals surface area contributed by atoms with Crippen LogP contribution in [0.15, 0.2) is 89.0 Å². The molecule has 0 spiro atoms. The molecule has 0 unspecified atom stereocenters. The molecule has 0 aliphatic rings. The quantitative estimate of drug-likeness (QED) is 0.115. The summed E-state index contributed by atoms with van der Waals surface area (Å²) < 4.78 is 33.5. The standard InChI is InChI=1S/C30H37N5O7S/c1-22(2)19-35(43(40,41)26-13-11-24(12-14-26)17-33-39)20-28(36)27(16-23-8-4-3-5-9-23)34-29(37)18-32-30(38)42-21-25-10-6-7-15-31-25/h3-15,17,22,27-28,36,39H,16,18-21H2,1-2H3,(H,32,38)(H,34,37)/t27-,28-/m0/s1. The van der Waals surface area contributed by atoms with Crippen molar-refractivity contribution in [1.29, 1.82) is 0 Å². The summed E-state index contributed by atoms with van der Waals surface area (Å²) in [6.07, 6.45) is 0.849. The highest BCUT2D eigenvalue weighted by atomic mass is 32.2. The van der Waals surface area contributed by atoms with Gasteiger partial charge in [0.1, 0.15) is 13.2 Å². The molecule has 4 N–H and O–H groups in total. The van der Waals surface area contributed by atoms with Crippen molar-refractivity contribution < 1.29 is 33.1 Å². The molecule has 0 aliphatic carbocycles. The molecule has 230 valence electrons. The number of carbonyl (C=O) groups is 2. The summed E-state index contributed by atoms with van der Waals surface area (Å²) in [5, 5.41) is 28.1. The highest BCUT2D eigenvalue weighted by Gasteiger charge is 2.31. The zero-order valence-electron chi connectivity index (χ0n) is 24.0. The van der Waals surface area contributed by atoms with Gasteiger partial charge < -0.3 is 25.7 Å². The Morgan fingerprint density at radius 2 is 1.72 bits per heavy atom. The predicted octanol–water partition coefficient (Wildman–Crippen LogP) is 2.55. The first-order valence-corrected chi connectivity index (χ1v) is 15.1. The molecule has 2 aromatic carbocycles. The lowest BCUT2D eigenvalue weighted by atomic mass is 10.0. The number of pyridine rings is 1. The summed E-state index contributed by atoms with van der Waals surface area (Å²) >= 11 is 0. The van der Waals surface area contributed by atoms with Gasteiger partial charge >= 0.3 is 6.09 Å². The van der Waals surface area contributed by atoms with Gasteiger partial charge in [-0.05, 0) is 47.7 Å². The van der Waals surface area contributed by atoms with Gasteiger partial charge in [-0.15, -0.1) is 0 Å². The van der Waals surface area contributed by atoms with E-state index in [0.29, 0.717) is 11.3 Å². The van der Waals surface area contributed by atoms with Gasteiger partial charge in [0, 0.05) is 19.3 Å². The molecular weight excluding hydrogens is 574 g/mol. The summed E-state index contributed by atoms with van der Waals surface area (Å²) in [5.41, 5.74) is 1.87. The Morgan fingerprint density at radius 1 is 1.02 bits per heavy atom. The van der Waals surface area contributed by atoms with Crippen LogP contribution in [0.2, 0.25) is 0 Å². The minimum Gasteiger partial charge on any atom is -0.443 e. The molecule has 0 saturated heterocycles. The monoisotopic (exact) mass is 611 g/mol. The molecule has 3 rings (SSSR count). The van der Waals surface area contributed by atoms with E-state index in [1.165, 1.54) is 34.8 Å². The van der Waals surface area contributed by atoms with E-state index in [2.05, 4.69) is 20.8 Å². The number of benzene rings is 2. The maximum absolute atomic E-state index is 13.6. The van der Waals surface area contributed by atoms with E-state index in [1.807, 2.05) is 44.2 Å². The van der Waals surface area contributed by atoms with E-state index >= 15 is 0 Å². The van der Waals surface area contributed by atoms with Crippen LogP contribution >= 0.6 is 0 Å². The van der Waals surface area contributed by atoms with E-state index in [1.54, 1.807) is 24.4 Å². The first kappa shape index (κ1) is 33.2. The fraction of sp³-hybridized carbons (Fsp3) is 0.333. The topological polar surface area (TPSA) is 171 Å². The van der Waals surface area contributed by atoms with Crippen molar-refractivity contribution in [2.24, 2.45) is 11.1 Å². The van der Waals surface area contributed by atoms with Gasteiger partial charge in [-0.2, -0.15) is 4.31 Å². The van der Waals surface area contributed by atoms with E-state index in [4.69, 9.17) is 9.94 Å². The van der Waals surface area contributed by atoms with Gasteiger partial charge in [0.25, 0.3) is 0 Å². The van der Waals surface area contributed by atoms with Crippen molar-refractivity contribution in [2.75, 3.05) is 19.6 Å². The highest BCUT2D eigenvalue weighted by Crippen LogP contribution is 2.19. The fourth-order valence-electron chi connectivity index (χ4n) is 4.19. The number of hydrogen-bond acceptors (Lipinski definition) is 9. The summed E-state index contributed by atoms with van der Waals surface area (Å²) in [7, 11) is -4.03. The summed E-state index contributed by atoms with van der Waals surface area (Å²) in [6.45, 7) is 3.06. The number of carbonyl (C=O) groups excluding carboxylic acids is 2. The van der Waals surface area contributed by atoms with Gasteiger partial charge in [0.05, 0.1) is 28.9 Å². The number of ether oxygens (including phenoxy) is 1. The number of nitrogens with one attached hydrogen (secondary N) is 2. The zero-order valence-corrected chi connectivity index (χ0v) is 24.9. The van der Waals surface area contributed by atoms with Gasteiger partial charge in [-0.1, -0.05) is 67.5 Å². The number of sulfonamides is 1. The largest absolute Gasteiger partial charge is 0.443 e. The third-order valence-electron chi connectivity index (χ3n) is 6.26. The Balaban J connectivity index is 1.71. The van der Waals surface area contributed by atoms with Crippen LogP contribution in [0, 0.1) is 5.92 Å². The molecule has 0 saturated carbocycles. The second-order valence-electron chi connectivity index (χ2n) is 10.2. The summed E-state index contributed by atoms with van der Waals surface area (Å²) in [6, 6.07) is 19.2. The maximum atomic E-state index is 13.6. The van der Waals surface area contributed by atoms with E-state index in [9.17, 15) is 23.1 Å². The lowest BCUT2D eigenvalue weighted by Crippen LogP contribution is -2.52. The van der Waals surface area contributed by atoms with Crippen LogP contribution in [-0.4, -0.2) is 78.0 Å². The third kappa shape index (κ3) is 10.8. The number of amides is 2. The molecule has 2 atom stereocenters. The molecule has 3 aromatic rings. The Kier molecular flexibility index (Phi) is 12.6. The van der Waals surface area contributed by atoms with Gasteiger partial charge in [-0.3, -0.25) is 9.78 Å². The Hall–Kier alpha value is -4.33. The number of aliphatic hydroxyl groups is 1. The predicted molar refractivity (Wildman–Crippen MR) is 160 cm³/mol. The average Bonchev–Trinajstić information content (AvgIpc) is 2.99. The van der Waals surface area contributed by atoms with Crippen LogP contribution in [0.3, 0.4) is 0 Å². The van der Waals surface area contributed by atoms with E-state index < -0.39 is 40.7 Å². The van der Waals surface area contributed by atoms with Crippen LogP contribution in [0.25, 0.3) is 0 Å². The molecule has 0 aliphatic heterocycles. The van der Waals surface area contributed by atoms with Crippen molar-refractivity contribution >= 4 is 28.2 Å². The average molecular weight is 612 g/mol. The molecule has 1 aromatic heterocycles. The van der Waals surface area contributed by atoms with Gasteiger partial charge in [-0.25, -0.2) is 13.2 Å². The second kappa shape index (κ2) is 16.3. The van der Waals surface area contributed by atoms with Crippen LogP contribution in [-0.2, 0) is 32.6 Å². The van der Waals surface area contributed by atoms with Crippen molar-refractivity contribution in [3.05, 3.63) is 95.8 Å². The Bertz CT molecular complexity index is 1440. The molecule has 0 bridgehead atoms. The number of rotatable bonds is 15. The highest BCUT2D eigenvalue weighted by molar-refractivity contribution is 7.89. The SMILES string of the molecule is CC(C)CN(C[C@H](O)[C@H](Cc1ccccc1)NC(=O)CNC(=O)OCc1ccccn1)S(=O)(=O)c1ccc(C=NO)cc1. The van der Waals surface area contributed by atoms with Crippen LogP contribution < -0.4 is 10.6 Å². The van der Waals surface area contributed by atoms with Crippen LogP contribution in [0.4, 0.5) is 4.79 Å². The molecule has 0 radical (unpaired) electrons. The molecule has 43 heavy (non-hydrogen) atoms. The molecule has 12 nitrogen and oxygen atoms in total. The van der Waals surface area contributed by atoms with Gasteiger partial charge in [0.15, 0.2) is 0 Å². The first-order valence-electron chi connectivity index (χ1n) is 13.7. The first-order chi connectivity index (χ1) is 20.6. The van der Waals surface area contributed by atoms with E-state index in [-0.39, 0.29) is 36.9 Å². The number of oxime groups is 1.